The van der Waals surface area contributed by atoms with Gasteiger partial charge in [-0.2, -0.15) is 5.10 Å². The SMILES string of the molecule is CC#CCN1C(=O)N[C@@](CCc2ccccc2)(C2CCN(Cc3cnn(-c4ccccc4)c3)CC2)C1=O. The van der Waals surface area contributed by atoms with E-state index in [9.17, 15) is 9.59 Å². The third-order valence-electron chi connectivity index (χ3n) is 7.61. The minimum Gasteiger partial charge on any atom is -0.323 e. The van der Waals surface area contributed by atoms with Crippen LogP contribution >= 0.6 is 0 Å². The summed E-state index contributed by atoms with van der Waals surface area (Å²) in [5.74, 6) is 5.65. The van der Waals surface area contributed by atoms with E-state index in [-0.39, 0.29) is 24.4 Å². The minimum absolute atomic E-state index is 0.0792. The maximum absolute atomic E-state index is 13.7. The van der Waals surface area contributed by atoms with Crippen molar-refractivity contribution in [3.05, 3.63) is 84.2 Å². The van der Waals surface area contributed by atoms with Gasteiger partial charge in [0.2, 0.25) is 0 Å². The first-order valence-electron chi connectivity index (χ1n) is 13.0. The van der Waals surface area contributed by atoms with Crippen LogP contribution in [0.15, 0.2) is 73.1 Å². The van der Waals surface area contributed by atoms with Crippen LogP contribution in [0.5, 0.6) is 0 Å². The molecule has 0 saturated carbocycles. The van der Waals surface area contributed by atoms with E-state index in [2.05, 4.69) is 45.5 Å². The highest BCUT2D eigenvalue weighted by Crippen LogP contribution is 2.37. The van der Waals surface area contributed by atoms with Crippen molar-refractivity contribution >= 4 is 11.9 Å². The number of aryl methyl sites for hydroxylation is 1. The molecule has 0 aliphatic carbocycles. The Balaban J connectivity index is 1.27. The van der Waals surface area contributed by atoms with Gasteiger partial charge in [-0.3, -0.25) is 14.6 Å². The fraction of sp³-hybridized carbons (Fsp3) is 0.367. The molecule has 0 spiro atoms. The summed E-state index contributed by atoms with van der Waals surface area (Å²) in [5.41, 5.74) is 2.49. The van der Waals surface area contributed by atoms with Gasteiger partial charge in [0.25, 0.3) is 5.91 Å². The summed E-state index contributed by atoms with van der Waals surface area (Å²) in [4.78, 5) is 30.3. The van der Waals surface area contributed by atoms with Crippen LogP contribution in [0.2, 0.25) is 0 Å². The molecular formula is C30H33N5O2. The Bertz CT molecular complexity index is 1290. The summed E-state index contributed by atoms with van der Waals surface area (Å²) in [5, 5.41) is 7.67. The zero-order chi connectivity index (χ0) is 25.7. The molecule has 7 nitrogen and oxygen atoms in total. The Morgan fingerprint density at radius 3 is 2.41 bits per heavy atom. The topological polar surface area (TPSA) is 70.5 Å². The summed E-state index contributed by atoms with van der Waals surface area (Å²) in [6.07, 6.45) is 7.02. The second-order valence-corrected chi connectivity index (χ2v) is 9.88. The third kappa shape index (κ3) is 5.30. The normalized spacial score (nSPS) is 20.5. The Labute approximate surface area is 218 Å². The number of carbonyl (C=O) groups is 2. The molecule has 2 aromatic carbocycles. The van der Waals surface area contributed by atoms with Crippen LogP contribution in [0.1, 0.15) is 37.3 Å². The van der Waals surface area contributed by atoms with Gasteiger partial charge in [-0.25, -0.2) is 9.48 Å². The van der Waals surface area contributed by atoms with E-state index in [0.717, 1.165) is 50.1 Å². The number of rotatable bonds is 8. The summed E-state index contributed by atoms with van der Waals surface area (Å²) in [6.45, 7) is 4.41. The lowest BCUT2D eigenvalue weighted by molar-refractivity contribution is -0.134. The van der Waals surface area contributed by atoms with Crippen LogP contribution in [0, 0.1) is 17.8 Å². The number of aromatic nitrogens is 2. The van der Waals surface area contributed by atoms with E-state index in [0.29, 0.717) is 6.42 Å². The largest absolute Gasteiger partial charge is 0.325 e. The van der Waals surface area contributed by atoms with Crippen LogP contribution in [-0.4, -0.2) is 56.7 Å². The quantitative estimate of drug-likeness (QED) is 0.378. The molecule has 0 radical (unpaired) electrons. The number of likely N-dealkylation sites (tertiary alicyclic amines) is 1. The fourth-order valence-electron chi connectivity index (χ4n) is 5.59. The van der Waals surface area contributed by atoms with Crippen molar-refractivity contribution in [1.29, 1.82) is 0 Å². The molecule has 37 heavy (non-hydrogen) atoms. The summed E-state index contributed by atoms with van der Waals surface area (Å²) >= 11 is 0. The molecule has 1 aromatic heterocycles. The Morgan fingerprint density at radius 1 is 1.00 bits per heavy atom. The number of hydrogen-bond donors (Lipinski definition) is 1. The van der Waals surface area contributed by atoms with Crippen LogP contribution in [0.4, 0.5) is 4.79 Å². The zero-order valence-electron chi connectivity index (χ0n) is 21.3. The molecule has 3 heterocycles. The average Bonchev–Trinajstić information content (AvgIpc) is 3.50. The number of carbonyl (C=O) groups excluding carboxylic acids is 2. The number of urea groups is 1. The lowest BCUT2D eigenvalue weighted by Crippen LogP contribution is -2.56. The van der Waals surface area contributed by atoms with Crippen molar-refractivity contribution in [3.63, 3.8) is 0 Å². The van der Waals surface area contributed by atoms with Crippen molar-refractivity contribution in [1.82, 2.24) is 24.9 Å². The summed E-state index contributed by atoms with van der Waals surface area (Å²) in [7, 11) is 0. The molecule has 3 amide bonds. The van der Waals surface area contributed by atoms with E-state index < -0.39 is 5.54 Å². The molecule has 2 saturated heterocycles. The standard InChI is InChI=1S/C30H33N5O2/c1-2-3-18-34-28(36)30(32-29(34)37,17-14-24-10-6-4-7-11-24)26-15-19-33(20-16-26)22-25-21-31-35(23-25)27-12-8-5-9-13-27/h4-13,21,23,26H,14-20,22H2,1H3,(H,32,37)/t30-/m0/s1. The number of hydrogen-bond acceptors (Lipinski definition) is 4. The van der Waals surface area contributed by atoms with E-state index in [1.807, 2.05) is 59.4 Å². The average molecular weight is 496 g/mol. The highest BCUT2D eigenvalue weighted by Gasteiger charge is 2.55. The molecule has 3 aromatic rings. The number of imide groups is 1. The Kier molecular flexibility index (Phi) is 7.38. The predicted octanol–water partition coefficient (Wildman–Crippen LogP) is 4.03. The van der Waals surface area contributed by atoms with Gasteiger partial charge in [0.15, 0.2) is 0 Å². The van der Waals surface area contributed by atoms with E-state index in [1.165, 1.54) is 10.5 Å². The molecule has 5 rings (SSSR count). The number of benzene rings is 2. The summed E-state index contributed by atoms with van der Waals surface area (Å²) < 4.78 is 1.90. The molecule has 2 aliphatic heterocycles. The molecule has 0 unspecified atom stereocenters. The van der Waals surface area contributed by atoms with E-state index in [4.69, 9.17) is 0 Å². The van der Waals surface area contributed by atoms with E-state index in [1.54, 1.807) is 6.92 Å². The first-order valence-corrected chi connectivity index (χ1v) is 13.0. The zero-order valence-corrected chi connectivity index (χ0v) is 21.3. The van der Waals surface area contributed by atoms with Gasteiger partial charge >= 0.3 is 6.03 Å². The number of nitrogens with one attached hydrogen (secondary N) is 1. The van der Waals surface area contributed by atoms with Gasteiger partial charge in [0, 0.05) is 18.3 Å². The number of para-hydroxylation sites is 1. The monoisotopic (exact) mass is 495 g/mol. The predicted molar refractivity (Wildman–Crippen MR) is 143 cm³/mol. The van der Waals surface area contributed by atoms with Crippen LogP contribution < -0.4 is 5.32 Å². The van der Waals surface area contributed by atoms with Crippen LogP contribution in [0.25, 0.3) is 5.69 Å². The molecule has 7 heteroatoms. The molecule has 2 aliphatic rings. The number of amides is 3. The fourth-order valence-corrected chi connectivity index (χ4v) is 5.59. The number of nitrogens with zero attached hydrogens (tertiary/aromatic N) is 4. The van der Waals surface area contributed by atoms with Gasteiger partial charge in [0.1, 0.15) is 5.54 Å². The van der Waals surface area contributed by atoms with Gasteiger partial charge in [0.05, 0.1) is 18.4 Å². The second-order valence-electron chi connectivity index (χ2n) is 9.88. The molecular weight excluding hydrogens is 462 g/mol. The van der Waals surface area contributed by atoms with Crippen molar-refractivity contribution in [2.75, 3.05) is 19.6 Å². The van der Waals surface area contributed by atoms with Crippen molar-refractivity contribution in [2.45, 2.75) is 44.7 Å². The van der Waals surface area contributed by atoms with E-state index >= 15 is 0 Å². The smallest absolute Gasteiger partial charge is 0.323 e. The van der Waals surface area contributed by atoms with Crippen molar-refractivity contribution in [2.24, 2.45) is 5.92 Å². The Hall–Kier alpha value is -3.89. The van der Waals surface area contributed by atoms with Crippen molar-refractivity contribution < 1.29 is 9.59 Å². The lowest BCUT2D eigenvalue weighted by atomic mass is 9.74. The third-order valence-corrected chi connectivity index (χ3v) is 7.61. The molecule has 0 bridgehead atoms. The highest BCUT2D eigenvalue weighted by atomic mass is 16.2. The maximum Gasteiger partial charge on any atom is 0.325 e. The molecule has 1 N–H and O–H groups in total. The molecule has 190 valence electrons. The maximum atomic E-state index is 13.7. The van der Waals surface area contributed by atoms with Gasteiger partial charge in [-0.15, -0.1) is 5.92 Å². The van der Waals surface area contributed by atoms with Crippen LogP contribution in [-0.2, 0) is 17.8 Å². The minimum atomic E-state index is -0.882. The first kappa shape index (κ1) is 24.8. The van der Waals surface area contributed by atoms with Gasteiger partial charge < -0.3 is 5.32 Å². The summed E-state index contributed by atoms with van der Waals surface area (Å²) in [6, 6.07) is 19.9. The number of piperidine rings is 1. The molecule has 2 fully saturated rings. The first-order chi connectivity index (χ1) is 18.1. The second kappa shape index (κ2) is 11.0. The van der Waals surface area contributed by atoms with Crippen LogP contribution in [0.3, 0.4) is 0 Å². The lowest BCUT2D eigenvalue weighted by Gasteiger charge is -2.41. The van der Waals surface area contributed by atoms with Crippen molar-refractivity contribution in [3.8, 4) is 17.5 Å². The highest BCUT2D eigenvalue weighted by molar-refractivity contribution is 6.07. The van der Waals surface area contributed by atoms with Gasteiger partial charge in [-0.05, 0) is 69.3 Å². The Morgan fingerprint density at radius 2 is 1.70 bits per heavy atom. The molecule has 1 atom stereocenters. The van der Waals surface area contributed by atoms with Gasteiger partial charge in [-0.1, -0.05) is 54.5 Å².